The monoisotopic (exact) mass is 591 g/mol. The Labute approximate surface area is 219 Å². The minimum atomic E-state index is -3.80. The Morgan fingerprint density at radius 1 is 1.15 bits per heavy atom. The topological polar surface area (TPSA) is 86.8 Å². The fraction of sp³-hybridized carbons (Fsp3) is 0.391. The second kappa shape index (κ2) is 12.2. The summed E-state index contributed by atoms with van der Waals surface area (Å²) in [5.41, 5.74) is 1.75. The van der Waals surface area contributed by atoms with E-state index in [9.17, 15) is 18.0 Å². The van der Waals surface area contributed by atoms with Crippen molar-refractivity contribution < 1.29 is 18.0 Å². The van der Waals surface area contributed by atoms with Crippen LogP contribution in [-0.2, 0) is 26.2 Å². The number of carbonyl (C=O) groups excluding carboxylic acids is 2. The van der Waals surface area contributed by atoms with Gasteiger partial charge in [-0.3, -0.25) is 13.9 Å². The molecule has 0 bridgehead atoms. The Hall–Kier alpha value is -1.81. The van der Waals surface area contributed by atoms with Crippen LogP contribution >= 0.6 is 39.1 Å². The summed E-state index contributed by atoms with van der Waals surface area (Å²) in [6.07, 6.45) is 1.77. The number of anilines is 1. The number of halogens is 3. The lowest BCUT2D eigenvalue weighted by atomic mass is 10.1. The molecule has 0 fully saturated rings. The van der Waals surface area contributed by atoms with Crippen molar-refractivity contribution >= 4 is 66.7 Å². The zero-order valence-electron chi connectivity index (χ0n) is 19.4. The number of hydrogen-bond acceptors (Lipinski definition) is 4. The molecule has 0 aromatic heterocycles. The second-order valence-electron chi connectivity index (χ2n) is 7.93. The highest BCUT2D eigenvalue weighted by Crippen LogP contribution is 2.26. The van der Waals surface area contributed by atoms with Crippen LogP contribution in [0.15, 0.2) is 40.9 Å². The Kier molecular flexibility index (Phi) is 10.2. The predicted molar refractivity (Wildman–Crippen MR) is 141 cm³/mol. The molecule has 0 radical (unpaired) electrons. The van der Waals surface area contributed by atoms with Crippen LogP contribution < -0.4 is 9.62 Å². The van der Waals surface area contributed by atoms with Gasteiger partial charge < -0.3 is 10.2 Å². The molecule has 0 aliphatic rings. The number of rotatable bonds is 10. The molecule has 2 aromatic carbocycles. The smallest absolute Gasteiger partial charge is 0.244 e. The molecule has 0 aliphatic carbocycles. The molecule has 34 heavy (non-hydrogen) atoms. The van der Waals surface area contributed by atoms with Crippen LogP contribution in [0.4, 0.5) is 5.69 Å². The third-order valence-electron chi connectivity index (χ3n) is 5.18. The quantitative estimate of drug-likeness (QED) is 0.430. The van der Waals surface area contributed by atoms with E-state index in [0.717, 1.165) is 27.0 Å². The number of aryl methyl sites for hydroxylation is 1. The standard InChI is InChI=1S/C23H28BrCl2N3O4S/c1-5-10-27-23(31)16(3)28(13-17-6-7-18(25)12-21(17)26)22(30)14-29(34(4,32)33)19-8-9-20(24)15(2)11-19/h6-9,11-12,16H,5,10,13-14H2,1-4H3,(H,27,31)/t16-/m0/s1. The molecule has 2 rings (SSSR count). The van der Waals surface area contributed by atoms with E-state index < -0.39 is 28.5 Å². The van der Waals surface area contributed by atoms with Gasteiger partial charge in [0.25, 0.3) is 0 Å². The van der Waals surface area contributed by atoms with Gasteiger partial charge in [0, 0.05) is 27.6 Å². The summed E-state index contributed by atoms with van der Waals surface area (Å²) in [4.78, 5) is 27.5. The largest absolute Gasteiger partial charge is 0.354 e. The summed E-state index contributed by atoms with van der Waals surface area (Å²) in [6, 6.07) is 9.02. The average molecular weight is 593 g/mol. The molecule has 2 amide bonds. The fourth-order valence-corrected chi connectivity index (χ4v) is 4.77. The first-order valence-corrected chi connectivity index (χ1v) is 14.0. The van der Waals surface area contributed by atoms with E-state index in [-0.39, 0.29) is 12.5 Å². The SMILES string of the molecule is CCCNC(=O)[C@H](C)N(Cc1ccc(Cl)cc1Cl)C(=O)CN(c1ccc(Br)c(C)c1)S(C)(=O)=O. The van der Waals surface area contributed by atoms with Gasteiger partial charge in [-0.25, -0.2) is 8.42 Å². The fourth-order valence-electron chi connectivity index (χ4n) is 3.21. The highest BCUT2D eigenvalue weighted by molar-refractivity contribution is 9.10. The minimum Gasteiger partial charge on any atom is -0.354 e. The normalized spacial score (nSPS) is 12.2. The van der Waals surface area contributed by atoms with E-state index in [2.05, 4.69) is 21.2 Å². The molecule has 2 aromatic rings. The van der Waals surface area contributed by atoms with Crippen LogP contribution in [0.2, 0.25) is 10.0 Å². The molecule has 186 valence electrons. The van der Waals surface area contributed by atoms with Crippen molar-refractivity contribution in [3.05, 3.63) is 62.0 Å². The number of amides is 2. The molecule has 0 heterocycles. The number of hydrogen-bond donors (Lipinski definition) is 1. The Morgan fingerprint density at radius 3 is 2.38 bits per heavy atom. The summed E-state index contributed by atoms with van der Waals surface area (Å²) >= 11 is 15.7. The maximum Gasteiger partial charge on any atom is 0.244 e. The second-order valence-corrected chi connectivity index (χ2v) is 11.5. The van der Waals surface area contributed by atoms with Gasteiger partial charge in [-0.2, -0.15) is 0 Å². The molecule has 1 atom stereocenters. The summed E-state index contributed by atoms with van der Waals surface area (Å²) < 4.78 is 27.1. The molecule has 0 saturated heterocycles. The summed E-state index contributed by atoms with van der Waals surface area (Å²) in [5.74, 6) is -0.887. The summed E-state index contributed by atoms with van der Waals surface area (Å²) in [7, 11) is -3.80. The maximum atomic E-state index is 13.5. The summed E-state index contributed by atoms with van der Waals surface area (Å²) in [6.45, 7) is 5.33. The predicted octanol–water partition coefficient (Wildman–Crippen LogP) is 4.77. The van der Waals surface area contributed by atoms with Crippen LogP contribution in [0.25, 0.3) is 0 Å². The zero-order chi connectivity index (χ0) is 25.6. The van der Waals surface area contributed by atoms with Crippen LogP contribution in [-0.4, -0.2) is 50.5 Å². The molecule has 0 spiro atoms. The lowest BCUT2D eigenvalue weighted by Gasteiger charge is -2.31. The van der Waals surface area contributed by atoms with Gasteiger partial charge in [0.05, 0.1) is 11.9 Å². The van der Waals surface area contributed by atoms with E-state index in [1.165, 1.54) is 4.90 Å². The van der Waals surface area contributed by atoms with E-state index >= 15 is 0 Å². The van der Waals surface area contributed by atoms with Gasteiger partial charge in [-0.1, -0.05) is 52.1 Å². The van der Waals surface area contributed by atoms with Crippen molar-refractivity contribution in [2.45, 2.75) is 39.8 Å². The van der Waals surface area contributed by atoms with Crippen molar-refractivity contribution in [2.24, 2.45) is 0 Å². The Morgan fingerprint density at radius 2 is 1.82 bits per heavy atom. The molecular weight excluding hydrogens is 565 g/mol. The number of nitrogens with zero attached hydrogens (tertiary/aromatic N) is 2. The van der Waals surface area contributed by atoms with Crippen molar-refractivity contribution in [3.8, 4) is 0 Å². The first-order valence-electron chi connectivity index (χ1n) is 10.6. The average Bonchev–Trinajstić information content (AvgIpc) is 2.75. The van der Waals surface area contributed by atoms with Crippen LogP contribution in [0.1, 0.15) is 31.4 Å². The van der Waals surface area contributed by atoms with Crippen LogP contribution in [0, 0.1) is 6.92 Å². The molecular formula is C23H28BrCl2N3O4S. The molecule has 0 aliphatic heterocycles. The number of sulfonamides is 1. The highest BCUT2D eigenvalue weighted by atomic mass is 79.9. The third kappa shape index (κ3) is 7.60. The van der Waals surface area contributed by atoms with Gasteiger partial charge in [-0.15, -0.1) is 0 Å². The van der Waals surface area contributed by atoms with Gasteiger partial charge in [0.1, 0.15) is 12.6 Å². The van der Waals surface area contributed by atoms with E-state index in [0.29, 0.717) is 27.8 Å². The maximum absolute atomic E-state index is 13.5. The van der Waals surface area contributed by atoms with Crippen molar-refractivity contribution in [1.82, 2.24) is 10.2 Å². The van der Waals surface area contributed by atoms with Gasteiger partial charge in [0.15, 0.2) is 0 Å². The first kappa shape index (κ1) is 28.4. The van der Waals surface area contributed by atoms with E-state index in [1.54, 1.807) is 43.3 Å². The molecule has 0 saturated carbocycles. The molecule has 11 heteroatoms. The summed E-state index contributed by atoms with van der Waals surface area (Å²) in [5, 5.41) is 3.56. The lowest BCUT2D eigenvalue weighted by molar-refractivity contribution is -0.139. The Balaban J connectivity index is 2.42. The van der Waals surface area contributed by atoms with Gasteiger partial charge in [-0.05, 0) is 61.7 Å². The van der Waals surface area contributed by atoms with E-state index in [4.69, 9.17) is 23.2 Å². The number of carbonyl (C=O) groups is 2. The molecule has 1 N–H and O–H groups in total. The molecule has 7 nitrogen and oxygen atoms in total. The van der Waals surface area contributed by atoms with E-state index in [1.807, 2.05) is 13.8 Å². The van der Waals surface area contributed by atoms with Crippen molar-refractivity contribution in [3.63, 3.8) is 0 Å². The third-order valence-corrected chi connectivity index (χ3v) is 7.80. The zero-order valence-corrected chi connectivity index (χ0v) is 23.4. The van der Waals surface area contributed by atoms with Gasteiger partial charge in [0.2, 0.25) is 21.8 Å². The van der Waals surface area contributed by atoms with Gasteiger partial charge >= 0.3 is 0 Å². The van der Waals surface area contributed by atoms with Crippen LogP contribution in [0.5, 0.6) is 0 Å². The Bertz CT molecular complexity index is 1160. The lowest BCUT2D eigenvalue weighted by Crippen LogP contribution is -2.51. The van der Waals surface area contributed by atoms with Crippen molar-refractivity contribution in [2.75, 3.05) is 23.7 Å². The first-order chi connectivity index (χ1) is 15.8. The number of benzene rings is 2. The highest BCUT2D eigenvalue weighted by Gasteiger charge is 2.30. The van der Waals surface area contributed by atoms with Crippen molar-refractivity contribution in [1.29, 1.82) is 0 Å². The minimum absolute atomic E-state index is 0.00646. The molecule has 0 unspecified atom stereocenters. The number of nitrogens with one attached hydrogen (secondary N) is 1. The van der Waals surface area contributed by atoms with Crippen LogP contribution in [0.3, 0.4) is 0 Å².